The SMILES string of the molecule is C#CCOc1cc(CNC(=NC)NCc2ccccc2OCC2CC2)ccc1OC. The third-order valence-corrected chi connectivity index (χ3v) is 4.81. The monoisotopic (exact) mass is 407 g/mol. The Balaban J connectivity index is 1.55. The molecule has 2 N–H and O–H groups in total. The van der Waals surface area contributed by atoms with Gasteiger partial charge in [-0.3, -0.25) is 4.99 Å². The van der Waals surface area contributed by atoms with Gasteiger partial charge >= 0.3 is 0 Å². The molecule has 1 aliphatic rings. The zero-order valence-corrected chi connectivity index (χ0v) is 17.6. The van der Waals surface area contributed by atoms with Crippen LogP contribution in [0.25, 0.3) is 0 Å². The van der Waals surface area contributed by atoms with Crippen LogP contribution in [0.2, 0.25) is 0 Å². The quantitative estimate of drug-likeness (QED) is 0.359. The molecule has 0 radical (unpaired) electrons. The van der Waals surface area contributed by atoms with E-state index in [0.717, 1.165) is 29.4 Å². The minimum atomic E-state index is 0.193. The number of methoxy groups -OCH3 is 1. The van der Waals surface area contributed by atoms with Crippen LogP contribution in [0.4, 0.5) is 0 Å². The van der Waals surface area contributed by atoms with Crippen LogP contribution in [0, 0.1) is 18.3 Å². The Morgan fingerprint density at radius 1 is 1.07 bits per heavy atom. The number of nitrogens with one attached hydrogen (secondary N) is 2. The molecule has 0 bridgehead atoms. The number of rotatable bonds is 10. The average molecular weight is 408 g/mol. The van der Waals surface area contributed by atoms with E-state index in [0.29, 0.717) is 30.5 Å². The van der Waals surface area contributed by atoms with Crippen molar-refractivity contribution in [3.05, 3.63) is 53.6 Å². The Hall–Kier alpha value is -3.33. The summed E-state index contributed by atoms with van der Waals surface area (Å²) in [5.74, 6) is 6.10. The first kappa shape index (κ1) is 21.4. The molecular weight excluding hydrogens is 378 g/mol. The van der Waals surface area contributed by atoms with E-state index in [1.807, 2.05) is 36.4 Å². The first-order chi connectivity index (χ1) is 14.7. The Morgan fingerprint density at radius 3 is 2.60 bits per heavy atom. The molecule has 30 heavy (non-hydrogen) atoms. The zero-order valence-electron chi connectivity index (χ0n) is 17.6. The van der Waals surface area contributed by atoms with Gasteiger partial charge in [-0.2, -0.15) is 0 Å². The lowest BCUT2D eigenvalue weighted by Crippen LogP contribution is -2.36. The first-order valence-corrected chi connectivity index (χ1v) is 10.1. The predicted octanol–water partition coefficient (Wildman–Crippen LogP) is 3.36. The molecule has 2 aromatic rings. The van der Waals surface area contributed by atoms with Gasteiger partial charge in [-0.15, -0.1) is 6.42 Å². The van der Waals surface area contributed by atoms with Gasteiger partial charge in [0.05, 0.1) is 13.7 Å². The first-order valence-electron chi connectivity index (χ1n) is 10.1. The van der Waals surface area contributed by atoms with Gasteiger partial charge < -0.3 is 24.8 Å². The minimum Gasteiger partial charge on any atom is -0.493 e. The molecule has 0 aromatic heterocycles. The maximum atomic E-state index is 5.98. The van der Waals surface area contributed by atoms with E-state index >= 15 is 0 Å². The second-order valence-electron chi connectivity index (χ2n) is 7.12. The summed E-state index contributed by atoms with van der Waals surface area (Å²) in [5.41, 5.74) is 2.13. The van der Waals surface area contributed by atoms with Crippen LogP contribution in [-0.2, 0) is 13.1 Å². The van der Waals surface area contributed by atoms with Crippen molar-refractivity contribution in [3.8, 4) is 29.6 Å². The summed E-state index contributed by atoms with van der Waals surface area (Å²) < 4.78 is 16.9. The minimum absolute atomic E-state index is 0.193. The van der Waals surface area contributed by atoms with E-state index in [9.17, 15) is 0 Å². The number of hydrogen-bond acceptors (Lipinski definition) is 4. The van der Waals surface area contributed by atoms with E-state index < -0.39 is 0 Å². The highest BCUT2D eigenvalue weighted by Crippen LogP contribution is 2.30. The maximum Gasteiger partial charge on any atom is 0.191 e. The number of nitrogens with zero attached hydrogens (tertiary/aromatic N) is 1. The topological polar surface area (TPSA) is 64.1 Å². The van der Waals surface area contributed by atoms with E-state index in [1.54, 1.807) is 14.2 Å². The van der Waals surface area contributed by atoms with Crippen molar-refractivity contribution in [2.75, 3.05) is 27.4 Å². The standard InChI is InChI=1S/C24H29N3O3/c1-4-13-29-23-14-19(11-12-22(23)28-3)15-26-24(25-2)27-16-20-7-5-6-8-21(20)30-17-18-9-10-18/h1,5-8,11-12,14,18H,9-10,13,15-17H2,2-3H3,(H2,25,26,27). The van der Waals surface area contributed by atoms with Crippen LogP contribution in [0.15, 0.2) is 47.5 Å². The van der Waals surface area contributed by atoms with Gasteiger partial charge in [0.25, 0.3) is 0 Å². The van der Waals surface area contributed by atoms with Crippen LogP contribution in [0.3, 0.4) is 0 Å². The molecule has 3 rings (SSSR count). The Kier molecular flexibility index (Phi) is 7.85. The van der Waals surface area contributed by atoms with Crippen molar-refractivity contribution < 1.29 is 14.2 Å². The molecule has 0 heterocycles. The molecule has 158 valence electrons. The molecule has 0 saturated heterocycles. The molecule has 0 aliphatic heterocycles. The van der Waals surface area contributed by atoms with Crippen molar-refractivity contribution in [2.45, 2.75) is 25.9 Å². The molecular formula is C24H29N3O3. The van der Waals surface area contributed by atoms with E-state index in [2.05, 4.69) is 27.6 Å². The van der Waals surface area contributed by atoms with Crippen LogP contribution in [0.5, 0.6) is 17.2 Å². The van der Waals surface area contributed by atoms with Crippen LogP contribution >= 0.6 is 0 Å². The zero-order chi connectivity index (χ0) is 21.2. The van der Waals surface area contributed by atoms with Crippen molar-refractivity contribution in [2.24, 2.45) is 10.9 Å². The number of terminal acetylenes is 1. The third-order valence-electron chi connectivity index (χ3n) is 4.81. The van der Waals surface area contributed by atoms with Crippen molar-refractivity contribution >= 4 is 5.96 Å². The molecule has 0 spiro atoms. The molecule has 0 atom stereocenters. The summed E-state index contributed by atoms with van der Waals surface area (Å²) in [6.07, 6.45) is 7.84. The van der Waals surface area contributed by atoms with Gasteiger partial charge in [-0.25, -0.2) is 0 Å². The molecule has 1 fully saturated rings. The van der Waals surface area contributed by atoms with Crippen LogP contribution in [-0.4, -0.2) is 33.3 Å². The van der Waals surface area contributed by atoms with Gasteiger partial charge in [0.2, 0.25) is 0 Å². The lowest BCUT2D eigenvalue weighted by atomic mass is 10.2. The maximum absolute atomic E-state index is 5.98. The highest BCUT2D eigenvalue weighted by atomic mass is 16.5. The summed E-state index contributed by atoms with van der Waals surface area (Å²) in [7, 11) is 3.36. The number of guanidine groups is 1. The molecule has 1 saturated carbocycles. The van der Waals surface area contributed by atoms with Gasteiger partial charge in [0.1, 0.15) is 12.4 Å². The van der Waals surface area contributed by atoms with Gasteiger partial charge in [0, 0.05) is 25.7 Å². The van der Waals surface area contributed by atoms with E-state index in [4.69, 9.17) is 20.6 Å². The highest BCUT2D eigenvalue weighted by Gasteiger charge is 2.22. The second-order valence-corrected chi connectivity index (χ2v) is 7.12. The molecule has 0 amide bonds. The summed E-state index contributed by atoms with van der Waals surface area (Å²) in [6.45, 7) is 2.19. The molecule has 1 aliphatic carbocycles. The number of benzene rings is 2. The van der Waals surface area contributed by atoms with Crippen molar-refractivity contribution in [1.82, 2.24) is 10.6 Å². The summed E-state index contributed by atoms with van der Waals surface area (Å²) >= 11 is 0. The predicted molar refractivity (Wildman–Crippen MR) is 119 cm³/mol. The smallest absolute Gasteiger partial charge is 0.191 e. The summed E-state index contributed by atoms with van der Waals surface area (Å²) in [5, 5.41) is 6.67. The number of ether oxygens (including phenoxy) is 3. The summed E-state index contributed by atoms with van der Waals surface area (Å²) in [4.78, 5) is 4.31. The fourth-order valence-corrected chi connectivity index (χ4v) is 2.93. The van der Waals surface area contributed by atoms with Crippen molar-refractivity contribution in [1.29, 1.82) is 0 Å². The van der Waals surface area contributed by atoms with Gasteiger partial charge in [-0.1, -0.05) is 30.2 Å². The normalized spacial score (nSPS) is 13.3. The lowest BCUT2D eigenvalue weighted by molar-refractivity contribution is 0.296. The Morgan fingerprint density at radius 2 is 1.87 bits per heavy atom. The largest absolute Gasteiger partial charge is 0.493 e. The lowest BCUT2D eigenvalue weighted by Gasteiger charge is -2.15. The van der Waals surface area contributed by atoms with Crippen molar-refractivity contribution in [3.63, 3.8) is 0 Å². The van der Waals surface area contributed by atoms with Gasteiger partial charge in [-0.05, 0) is 42.5 Å². The van der Waals surface area contributed by atoms with Crippen LogP contribution < -0.4 is 24.8 Å². The number of aliphatic imine (C=N–C) groups is 1. The van der Waals surface area contributed by atoms with Gasteiger partial charge in [0.15, 0.2) is 17.5 Å². The van der Waals surface area contributed by atoms with E-state index in [1.165, 1.54) is 12.8 Å². The molecule has 6 nitrogen and oxygen atoms in total. The second kappa shape index (κ2) is 11.0. The third kappa shape index (κ3) is 6.35. The number of para-hydroxylation sites is 1. The Bertz CT molecular complexity index is 901. The molecule has 0 unspecified atom stereocenters. The number of hydrogen-bond donors (Lipinski definition) is 2. The average Bonchev–Trinajstić information content (AvgIpc) is 3.61. The Labute approximate surface area is 178 Å². The fraction of sp³-hybridized carbons (Fsp3) is 0.375. The highest BCUT2D eigenvalue weighted by molar-refractivity contribution is 5.79. The fourth-order valence-electron chi connectivity index (χ4n) is 2.93. The van der Waals surface area contributed by atoms with Crippen LogP contribution in [0.1, 0.15) is 24.0 Å². The van der Waals surface area contributed by atoms with E-state index in [-0.39, 0.29) is 6.61 Å². The summed E-state index contributed by atoms with van der Waals surface area (Å²) in [6, 6.07) is 13.9. The molecule has 2 aromatic carbocycles. The molecule has 6 heteroatoms.